The Morgan fingerprint density at radius 1 is 1.12 bits per heavy atom. The van der Waals surface area contributed by atoms with Crippen molar-refractivity contribution < 1.29 is 19.3 Å². The molecule has 1 rings (SSSR count). The average molecular weight is 226 g/mol. The van der Waals surface area contributed by atoms with Crippen LogP contribution in [0.25, 0.3) is 0 Å². The number of methoxy groups -OCH3 is 2. The Kier molecular flexibility index (Phi) is 4.92. The van der Waals surface area contributed by atoms with E-state index >= 15 is 0 Å². The summed E-state index contributed by atoms with van der Waals surface area (Å²) in [5.41, 5.74) is 0.917. The Morgan fingerprint density at radius 2 is 1.69 bits per heavy atom. The van der Waals surface area contributed by atoms with Crippen molar-refractivity contribution in [2.45, 2.75) is 20.0 Å². The van der Waals surface area contributed by atoms with Gasteiger partial charge in [0, 0.05) is 6.61 Å². The fourth-order valence-corrected chi connectivity index (χ4v) is 1.37. The van der Waals surface area contributed by atoms with Crippen molar-refractivity contribution in [3.05, 3.63) is 17.7 Å². The molecule has 0 saturated carbocycles. The largest absolute Gasteiger partial charge is 0.502 e. The van der Waals surface area contributed by atoms with Crippen molar-refractivity contribution >= 4 is 0 Å². The highest BCUT2D eigenvalue weighted by Crippen LogP contribution is 2.37. The summed E-state index contributed by atoms with van der Waals surface area (Å²) in [6.45, 7) is 3.25. The molecule has 0 bridgehead atoms. The number of phenols is 1. The van der Waals surface area contributed by atoms with Gasteiger partial charge in [0.05, 0.1) is 20.8 Å². The summed E-state index contributed by atoms with van der Waals surface area (Å²) >= 11 is 0. The fourth-order valence-electron chi connectivity index (χ4n) is 1.37. The zero-order valence-corrected chi connectivity index (χ0v) is 9.95. The average Bonchev–Trinajstić information content (AvgIpc) is 2.31. The summed E-state index contributed by atoms with van der Waals surface area (Å²) in [6, 6.07) is 3.49. The predicted molar refractivity (Wildman–Crippen MR) is 61.2 cm³/mol. The molecule has 0 radical (unpaired) electrons. The van der Waals surface area contributed by atoms with Crippen LogP contribution in [0.3, 0.4) is 0 Å². The normalized spacial score (nSPS) is 10.2. The third-order valence-electron chi connectivity index (χ3n) is 2.16. The van der Waals surface area contributed by atoms with Crippen molar-refractivity contribution in [3.63, 3.8) is 0 Å². The first-order valence-electron chi connectivity index (χ1n) is 5.24. The Hall–Kier alpha value is -1.42. The molecule has 4 nitrogen and oxygen atoms in total. The lowest BCUT2D eigenvalue weighted by molar-refractivity contribution is 0.121. The maximum atomic E-state index is 9.69. The number of rotatable bonds is 6. The highest BCUT2D eigenvalue weighted by Gasteiger charge is 2.10. The van der Waals surface area contributed by atoms with Gasteiger partial charge in [-0.2, -0.15) is 0 Å². The van der Waals surface area contributed by atoms with E-state index in [4.69, 9.17) is 14.2 Å². The monoisotopic (exact) mass is 226 g/mol. The molecule has 0 fully saturated rings. The van der Waals surface area contributed by atoms with Gasteiger partial charge in [-0.25, -0.2) is 0 Å². The van der Waals surface area contributed by atoms with E-state index in [9.17, 15) is 5.11 Å². The lowest BCUT2D eigenvalue weighted by Crippen LogP contribution is -1.96. The summed E-state index contributed by atoms with van der Waals surface area (Å²) in [5, 5.41) is 9.69. The van der Waals surface area contributed by atoms with Gasteiger partial charge in [-0.3, -0.25) is 0 Å². The van der Waals surface area contributed by atoms with Crippen molar-refractivity contribution in [1.29, 1.82) is 0 Å². The summed E-state index contributed by atoms with van der Waals surface area (Å²) in [5.74, 6) is 0.813. The Morgan fingerprint density at radius 3 is 2.12 bits per heavy atom. The number of hydrogen-bond acceptors (Lipinski definition) is 4. The van der Waals surface area contributed by atoms with Crippen molar-refractivity contribution in [2.75, 3.05) is 20.8 Å². The first kappa shape index (κ1) is 12.6. The van der Waals surface area contributed by atoms with Gasteiger partial charge in [-0.05, 0) is 24.1 Å². The minimum Gasteiger partial charge on any atom is -0.502 e. The van der Waals surface area contributed by atoms with Gasteiger partial charge < -0.3 is 19.3 Å². The van der Waals surface area contributed by atoms with Crippen LogP contribution >= 0.6 is 0 Å². The second-order valence-electron chi connectivity index (χ2n) is 3.40. The van der Waals surface area contributed by atoms with E-state index in [0.717, 1.165) is 12.0 Å². The number of benzene rings is 1. The Bertz CT molecular complexity index is 311. The second-order valence-corrected chi connectivity index (χ2v) is 3.40. The van der Waals surface area contributed by atoms with Crippen molar-refractivity contribution in [2.24, 2.45) is 0 Å². The highest BCUT2D eigenvalue weighted by atomic mass is 16.5. The SMILES string of the molecule is CCCOCc1cc(OC)c(O)c(OC)c1. The van der Waals surface area contributed by atoms with Crippen LogP contribution in [0.4, 0.5) is 0 Å². The summed E-state index contributed by atoms with van der Waals surface area (Å²) in [4.78, 5) is 0. The molecule has 0 aliphatic rings. The van der Waals surface area contributed by atoms with E-state index in [1.54, 1.807) is 12.1 Å². The van der Waals surface area contributed by atoms with Crippen LogP contribution in [0, 0.1) is 0 Å². The van der Waals surface area contributed by atoms with E-state index in [1.165, 1.54) is 14.2 Å². The van der Waals surface area contributed by atoms with Gasteiger partial charge >= 0.3 is 0 Å². The number of ether oxygens (including phenoxy) is 3. The standard InChI is InChI=1S/C12H18O4/c1-4-5-16-8-9-6-10(14-2)12(13)11(7-9)15-3/h6-7,13H,4-5,8H2,1-3H3. The van der Waals surface area contributed by atoms with Crippen LogP contribution in [0.2, 0.25) is 0 Å². The molecule has 0 heterocycles. The molecule has 0 atom stereocenters. The van der Waals surface area contributed by atoms with Crippen LogP contribution in [-0.4, -0.2) is 25.9 Å². The van der Waals surface area contributed by atoms with Crippen molar-refractivity contribution in [3.8, 4) is 17.2 Å². The molecule has 16 heavy (non-hydrogen) atoms. The van der Waals surface area contributed by atoms with Gasteiger partial charge in [0.25, 0.3) is 0 Å². The van der Waals surface area contributed by atoms with Crippen LogP contribution in [0.15, 0.2) is 12.1 Å². The van der Waals surface area contributed by atoms with Gasteiger partial charge in [0.15, 0.2) is 11.5 Å². The van der Waals surface area contributed by atoms with Gasteiger partial charge in [0.2, 0.25) is 5.75 Å². The number of aromatic hydroxyl groups is 1. The van der Waals surface area contributed by atoms with Crippen LogP contribution < -0.4 is 9.47 Å². The molecule has 90 valence electrons. The first-order chi connectivity index (χ1) is 7.72. The Balaban J connectivity index is 2.84. The van der Waals surface area contributed by atoms with Crippen LogP contribution in [0.5, 0.6) is 17.2 Å². The number of phenolic OH excluding ortho intramolecular Hbond substituents is 1. The quantitative estimate of drug-likeness (QED) is 0.756. The van der Waals surface area contributed by atoms with E-state index in [2.05, 4.69) is 6.92 Å². The molecule has 0 aromatic heterocycles. The molecular weight excluding hydrogens is 208 g/mol. The maximum absolute atomic E-state index is 9.69. The molecule has 0 saturated heterocycles. The summed E-state index contributed by atoms with van der Waals surface area (Å²) < 4.78 is 15.5. The number of hydrogen-bond donors (Lipinski definition) is 1. The molecule has 0 aliphatic carbocycles. The zero-order valence-electron chi connectivity index (χ0n) is 9.95. The summed E-state index contributed by atoms with van der Waals surface area (Å²) in [6.07, 6.45) is 0.979. The summed E-state index contributed by atoms with van der Waals surface area (Å²) in [7, 11) is 3.01. The van der Waals surface area contributed by atoms with E-state index in [-0.39, 0.29) is 5.75 Å². The predicted octanol–water partition coefficient (Wildman–Crippen LogP) is 2.34. The second kappa shape index (κ2) is 6.23. The van der Waals surface area contributed by atoms with Gasteiger partial charge in [0.1, 0.15) is 0 Å². The molecule has 0 aliphatic heterocycles. The van der Waals surface area contributed by atoms with Crippen molar-refractivity contribution in [1.82, 2.24) is 0 Å². The van der Waals surface area contributed by atoms with E-state index in [1.807, 2.05) is 0 Å². The molecular formula is C12H18O4. The molecule has 4 heteroatoms. The van der Waals surface area contributed by atoms with E-state index in [0.29, 0.717) is 24.7 Å². The maximum Gasteiger partial charge on any atom is 0.200 e. The first-order valence-corrected chi connectivity index (χ1v) is 5.24. The Labute approximate surface area is 95.8 Å². The highest BCUT2D eigenvalue weighted by molar-refractivity contribution is 5.52. The topological polar surface area (TPSA) is 47.9 Å². The third kappa shape index (κ3) is 3.03. The van der Waals surface area contributed by atoms with E-state index < -0.39 is 0 Å². The molecule has 1 aromatic carbocycles. The molecule has 0 spiro atoms. The van der Waals surface area contributed by atoms with Gasteiger partial charge in [-0.15, -0.1) is 0 Å². The van der Waals surface area contributed by atoms with Gasteiger partial charge in [-0.1, -0.05) is 6.92 Å². The molecule has 0 amide bonds. The third-order valence-corrected chi connectivity index (χ3v) is 2.16. The van der Waals surface area contributed by atoms with Crippen LogP contribution in [0.1, 0.15) is 18.9 Å². The lowest BCUT2D eigenvalue weighted by Gasteiger charge is -2.11. The zero-order chi connectivity index (χ0) is 12.0. The minimum absolute atomic E-state index is 0.0178. The molecule has 0 unspecified atom stereocenters. The minimum atomic E-state index is 0.0178. The van der Waals surface area contributed by atoms with Crippen LogP contribution in [-0.2, 0) is 11.3 Å². The lowest BCUT2D eigenvalue weighted by atomic mass is 10.2. The smallest absolute Gasteiger partial charge is 0.200 e. The fraction of sp³-hybridized carbons (Fsp3) is 0.500. The molecule has 1 N–H and O–H groups in total. The molecule has 1 aromatic rings.